The van der Waals surface area contributed by atoms with Gasteiger partial charge in [0.15, 0.2) is 0 Å². The lowest BCUT2D eigenvalue weighted by Crippen LogP contribution is -2.11. The van der Waals surface area contributed by atoms with E-state index in [1.54, 1.807) is 6.92 Å². The van der Waals surface area contributed by atoms with Gasteiger partial charge in [-0.25, -0.2) is 4.79 Å². The first kappa shape index (κ1) is 14.7. The van der Waals surface area contributed by atoms with Gasteiger partial charge in [0.1, 0.15) is 0 Å². The number of rotatable bonds is 5. The molecule has 0 aromatic carbocycles. The summed E-state index contributed by atoms with van der Waals surface area (Å²) in [5.74, 6) is 0. The zero-order valence-corrected chi connectivity index (χ0v) is 8.84. The van der Waals surface area contributed by atoms with Crippen molar-refractivity contribution in [2.75, 3.05) is 19.8 Å². The van der Waals surface area contributed by atoms with Gasteiger partial charge in [-0.15, -0.1) is 0 Å². The standard InChI is InChI=1S/C6H14O.C3H7NO2/c1-3-5-7-6-4-2;1-2-6-3(4)5/h3-6H2,1-2H3;2H2,1H3,(H2,4,5). The zero-order valence-electron chi connectivity index (χ0n) is 8.84. The van der Waals surface area contributed by atoms with E-state index in [-0.39, 0.29) is 0 Å². The molecule has 0 bridgehead atoms. The molecule has 4 heteroatoms. The quantitative estimate of drug-likeness (QED) is 0.675. The molecule has 0 heterocycles. The van der Waals surface area contributed by atoms with Crippen LogP contribution in [-0.2, 0) is 9.47 Å². The maximum Gasteiger partial charge on any atom is 0.404 e. The molecular formula is C9H21NO3. The average Bonchev–Trinajstić information content (AvgIpc) is 2.06. The van der Waals surface area contributed by atoms with Gasteiger partial charge in [0.25, 0.3) is 0 Å². The molecule has 0 aliphatic carbocycles. The van der Waals surface area contributed by atoms with E-state index >= 15 is 0 Å². The van der Waals surface area contributed by atoms with E-state index in [1.165, 1.54) is 0 Å². The number of nitrogens with two attached hydrogens (primary N) is 1. The Morgan fingerprint density at radius 2 is 1.62 bits per heavy atom. The minimum atomic E-state index is -0.711. The summed E-state index contributed by atoms with van der Waals surface area (Å²) >= 11 is 0. The minimum Gasteiger partial charge on any atom is -0.450 e. The summed E-state index contributed by atoms with van der Waals surface area (Å²) in [6.07, 6.45) is 1.57. The maximum absolute atomic E-state index is 9.60. The first-order valence-electron chi connectivity index (χ1n) is 4.68. The molecule has 0 fully saturated rings. The van der Waals surface area contributed by atoms with Gasteiger partial charge >= 0.3 is 6.09 Å². The summed E-state index contributed by atoms with van der Waals surface area (Å²) in [4.78, 5) is 9.60. The second-order valence-corrected chi connectivity index (χ2v) is 2.36. The molecule has 0 saturated carbocycles. The van der Waals surface area contributed by atoms with Gasteiger partial charge in [-0.1, -0.05) is 13.8 Å². The summed E-state index contributed by atoms with van der Waals surface area (Å²) in [6, 6.07) is 0. The van der Waals surface area contributed by atoms with Crippen molar-refractivity contribution < 1.29 is 14.3 Å². The summed E-state index contributed by atoms with van der Waals surface area (Å²) in [7, 11) is 0. The number of carbonyl (C=O) groups excluding carboxylic acids is 1. The van der Waals surface area contributed by atoms with E-state index in [9.17, 15) is 4.79 Å². The average molecular weight is 191 g/mol. The van der Waals surface area contributed by atoms with Gasteiger partial charge in [0.2, 0.25) is 0 Å². The Hall–Kier alpha value is -0.770. The van der Waals surface area contributed by atoms with Crippen LogP contribution in [0.5, 0.6) is 0 Å². The highest BCUT2D eigenvalue weighted by atomic mass is 16.5. The van der Waals surface area contributed by atoms with Crippen molar-refractivity contribution in [3.63, 3.8) is 0 Å². The molecule has 2 N–H and O–H groups in total. The van der Waals surface area contributed by atoms with E-state index in [0.717, 1.165) is 26.1 Å². The molecule has 0 aromatic rings. The summed E-state index contributed by atoms with van der Waals surface area (Å²) in [5, 5.41) is 0. The molecule has 0 radical (unpaired) electrons. The second-order valence-electron chi connectivity index (χ2n) is 2.36. The number of amides is 1. The summed E-state index contributed by atoms with van der Waals surface area (Å²) in [5.41, 5.74) is 4.54. The second kappa shape index (κ2) is 13.8. The normalized spacial score (nSPS) is 8.54. The fourth-order valence-electron chi connectivity index (χ4n) is 0.533. The smallest absolute Gasteiger partial charge is 0.404 e. The van der Waals surface area contributed by atoms with Crippen molar-refractivity contribution in [3.05, 3.63) is 0 Å². The van der Waals surface area contributed by atoms with Crippen molar-refractivity contribution in [1.82, 2.24) is 0 Å². The molecule has 80 valence electrons. The van der Waals surface area contributed by atoms with E-state index in [0.29, 0.717) is 6.61 Å². The maximum atomic E-state index is 9.60. The van der Waals surface area contributed by atoms with Crippen LogP contribution < -0.4 is 5.73 Å². The summed E-state index contributed by atoms with van der Waals surface area (Å²) < 4.78 is 9.31. The number of carbonyl (C=O) groups is 1. The molecule has 0 unspecified atom stereocenters. The molecule has 0 aromatic heterocycles. The predicted octanol–water partition coefficient (Wildman–Crippen LogP) is 1.92. The van der Waals surface area contributed by atoms with Gasteiger partial charge in [0, 0.05) is 13.2 Å². The highest BCUT2D eigenvalue weighted by molar-refractivity contribution is 5.64. The van der Waals surface area contributed by atoms with Gasteiger partial charge < -0.3 is 15.2 Å². The van der Waals surface area contributed by atoms with Crippen molar-refractivity contribution in [2.24, 2.45) is 5.73 Å². The fourth-order valence-corrected chi connectivity index (χ4v) is 0.533. The monoisotopic (exact) mass is 191 g/mol. The van der Waals surface area contributed by atoms with Crippen LogP contribution in [0.1, 0.15) is 33.6 Å². The Morgan fingerprint density at radius 1 is 1.15 bits per heavy atom. The van der Waals surface area contributed by atoms with Crippen LogP contribution >= 0.6 is 0 Å². The van der Waals surface area contributed by atoms with Crippen LogP contribution in [0.25, 0.3) is 0 Å². The van der Waals surface area contributed by atoms with Crippen molar-refractivity contribution in [2.45, 2.75) is 33.6 Å². The van der Waals surface area contributed by atoms with Crippen LogP contribution in [0.4, 0.5) is 4.79 Å². The van der Waals surface area contributed by atoms with Crippen molar-refractivity contribution >= 4 is 6.09 Å². The first-order chi connectivity index (χ1) is 6.18. The van der Waals surface area contributed by atoms with E-state index in [4.69, 9.17) is 4.74 Å². The lowest BCUT2D eigenvalue weighted by Gasteiger charge is -1.95. The Bertz CT molecular complexity index is 103. The Morgan fingerprint density at radius 3 is 1.77 bits per heavy atom. The van der Waals surface area contributed by atoms with Gasteiger partial charge in [-0.2, -0.15) is 0 Å². The third-order valence-electron chi connectivity index (χ3n) is 0.984. The largest absolute Gasteiger partial charge is 0.450 e. The molecule has 1 amide bonds. The fraction of sp³-hybridized carbons (Fsp3) is 0.889. The molecule has 0 saturated heterocycles. The van der Waals surface area contributed by atoms with Crippen LogP contribution in [-0.4, -0.2) is 25.9 Å². The van der Waals surface area contributed by atoms with Crippen LogP contribution in [0.15, 0.2) is 0 Å². The van der Waals surface area contributed by atoms with Crippen molar-refractivity contribution in [3.8, 4) is 0 Å². The zero-order chi connectivity index (χ0) is 10.5. The molecular weight excluding hydrogens is 170 g/mol. The topological polar surface area (TPSA) is 61.6 Å². The predicted molar refractivity (Wildman–Crippen MR) is 52.6 cm³/mol. The van der Waals surface area contributed by atoms with Crippen molar-refractivity contribution in [1.29, 1.82) is 0 Å². The molecule has 0 spiro atoms. The number of hydrogen-bond donors (Lipinski definition) is 1. The molecule has 0 rings (SSSR count). The Labute approximate surface area is 80.4 Å². The lowest BCUT2D eigenvalue weighted by atomic mass is 10.5. The third kappa shape index (κ3) is 24.6. The molecule has 0 aliphatic rings. The minimum absolute atomic E-state index is 0.356. The number of ether oxygens (including phenoxy) is 2. The Kier molecular flexibility index (Phi) is 15.6. The van der Waals surface area contributed by atoms with Gasteiger partial charge in [-0.3, -0.25) is 0 Å². The van der Waals surface area contributed by atoms with Gasteiger partial charge in [-0.05, 0) is 19.8 Å². The van der Waals surface area contributed by atoms with E-state index in [2.05, 4.69) is 24.3 Å². The molecule has 0 aliphatic heterocycles. The number of primary amides is 1. The molecule has 13 heavy (non-hydrogen) atoms. The first-order valence-corrected chi connectivity index (χ1v) is 4.68. The molecule has 0 atom stereocenters. The highest BCUT2D eigenvalue weighted by Crippen LogP contribution is 1.81. The highest BCUT2D eigenvalue weighted by Gasteiger charge is 1.82. The summed E-state index contributed by atoms with van der Waals surface area (Å²) in [6.45, 7) is 8.15. The van der Waals surface area contributed by atoms with Gasteiger partial charge in [0.05, 0.1) is 6.61 Å². The Balaban J connectivity index is 0. The molecule has 4 nitrogen and oxygen atoms in total. The van der Waals surface area contributed by atoms with E-state index in [1.807, 2.05) is 0 Å². The van der Waals surface area contributed by atoms with Crippen LogP contribution in [0, 0.1) is 0 Å². The third-order valence-corrected chi connectivity index (χ3v) is 0.984. The SMILES string of the molecule is CCCOCCC.CCOC(N)=O. The number of hydrogen-bond acceptors (Lipinski definition) is 3. The lowest BCUT2D eigenvalue weighted by molar-refractivity contribution is 0.135. The van der Waals surface area contributed by atoms with Crippen LogP contribution in [0.2, 0.25) is 0 Å². The van der Waals surface area contributed by atoms with Crippen LogP contribution in [0.3, 0.4) is 0 Å². The van der Waals surface area contributed by atoms with E-state index < -0.39 is 6.09 Å².